The Morgan fingerprint density at radius 2 is 1.80 bits per heavy atom. The van der Waals surface area contributed by atoms with Gasteiger partial charge in [0.15, 0.2) is 0 Å². The summed E-state index contributed by atoms with van der Waals surface area (Å²) in [7, 11) is 0. The minimum Gasteiger partial charge on any atom is -0.457 e. The Morgan fingerprint density at radius 1 is 1.05 bits per heavy atom. The van der Waals surface area contributed by atoms with E-state index in [0.717, 1.165) is 23.6 Å². The molecular formula is C17H21NO2. The minimum absolute atomic E-state index is 0.161. The lowest BCUT2D eigenvalue weighted by Gasteiger charge is -2.10. The van der Waals surface area contributed by atoms with E-state index in [2.05, 4.69) is 24.4 Å². The lowest BCUT2D eigenvalue weighted by Crippen LogP contribution is -2.17. The van der Waals surface area contributed by atoms with Gasteiger partial charge < -0.3 is 15.2 Å². The largest absolute Gasteiger partial charge is 0.457 e. The number of hydrogen-bond donors (Lipinski definition) is 2. The molecule has 0 aromatic heterocycles. The number of hydrogen-bond acceptors (Lipinski definition) is 3. The standard InChI is InChI=1S/C17H21NO2/c1-13-3-4-14(2)17(11-13)20-16-7-5-15(6-8-16)12-18-9-10-19/h3-8,11,18-19H,9-10,12H2,1-2H3. The predicted octanol–water partition coefficient (Wildman–Crippen LogP) is 3.18. The van der Waals surface area contributed by atoms with Gasteiger partial charge in [-0.3, -0.25) is 0 Å². The van der Waals surface area contributed by atoms with Gasteiger partial charge >= 0.3 is 0 Å². The zero-order valence-corrected chi connectivity index (χ0v) is 12.0. The first kappa shape index (κ1) is 14.6. The van der Waals surface area contributed by atoms with Crippen LogP contribution in [-0.2, 0) is 6.54 Å². The van der Waals surface area contributed by atoms with Gasteiger partial charge in [0.2, 0.25) is 0 Å². The summed E-state index contributed by atoms with van der Waals surface area (Å²) in [5.74, 6) is 1.74. The minimum atomic E-state index is 0.161. The van der Waals surface area contributed by atoms with Crippen molar-refractivity contribution in [2.45, 2.75) is 20.4 Å². The lowest BCUT2D eigenvalue weighted by atomic mass is 10.1. The van der Waals surface area contributed by atoms with Crippen molar-refractivity contribution < 1.29 is 9.84 Å². The predicted molar refractivity (Wildman–Crippen MR) is 81.2 cm³/mol. The molecule has 2 aromatic rings. The smallest absolute Gasteiger partial charge is 0.130 e. The van der Waals surface area contributed by atoms with Gasteiger partial charge in [0.05, 0.1) is 6.61 Å². The van der Waals surface area contributed by atoms with Crippen molar-refractivity contribution in [3.05, 3.63) is 59.2 Å². The molecule has 0 fully saturated rings. The fourth-order valence-corrected chi connectivity index (χ4v) is 1.93. The molecule has 0 saturated heterocycles. The molecule has 20 heavy (non-hydrogen) atoms. The van der Waals surface area contributed by atoms with Crippen molar-refractivity contribution in [2.75, 3.05) is 13.2 Å². The third-order valence-electron chi connectivity index (χ3n) is 3.11. The summed E-state index contributed by atoms with van der Waals surface area (Å²) in [6.45, 7) is 5.63. The Bertz CT molecular complexity index is 549. The van der Waals surface area contributed by atoms with Crippen molar-refractivity contribution in [3.8, 4) is 11.5 Å². The van der Waals surface area contributed by atoms with E-state index in [9.17, 15) is 0 Å². The van der Waals surface area contributed by atoms with Gasteiger partial charge in [-0.25, -0.2) is 0 Å². The van der Waals surface area contributed by atoms with Gasteiger partial charge in [-0.2, -0.15) is 0 Å². The zero-order chi connectivity index (χ0) is 14.4. The van der Waals surface area contributed by atoms with Gasteiger partial charge in [-0.05, 0) is 48.7 Å². The van der Waals surface area contributed by atoms with E-state index >= 15 is 0 Å². The second kappa shape index (κ2) is 7.08. The van der Waals surface area contributed by atoms with Crippen molar-refractivity contribution in [3.63, 3.8) is 0 Å². The fraction of sp³-hybridized carbons (Fsp3) is 0.294. The number of nitrogens with one attached hydrogen (secondary N) is 1. The molecule has 0 heterocycles. The second-order valence-electron chi connectivity index (χ2n) is 4.92. The quantitative estimate of drug-likeness (QED) is 0.793. The topological polar surface area (TPSA) is 41.5 Å². The summed E-state index contributed by atoms with van der Waals surface area (Å²) in [4.78, 5) is 0. The van der Waals surface area contributed by atoms with Crippen LogP contribution in [0.1, 0.15) is 16.7 Å². The normalized spacial score (nSPS) is 10.6. The highest BCUT2D eigenvalue weighted by atomic mass is 16.5. The van der Waals surface area contributed by atoms with E-state index in [4.69, 9.17) is 9.84 Å². The van der Waals surface area contributed by atoms with Gasteiger partial charge in [0.25, 0.3) is 0 Å². The third kappa shape index (κ3) is 4.08. The molecule has 2 N–H and O–H groups in total. The Balaban J connectivity index is 2.01. The van der Waals surface area contributed by atoms with E-state index in [-0.39, 0.29) is 6.61 Å². The third-order valence-corrected chi connectivity index (χ3v) is 3.11. The van der Waals surface area contributed by atoms with Crippen LogP contribution in [0.4, 0.5) is 0 Å². The van der Waals surface area contributed by atoms with E-state index in [1.54, 1.807) is 0 Å². The zero-order valence-electron chi connectivity index (χ0n) is 12.0. The van der Waals surface area contributed by atoms with Crippen LogP contribution < -0.4 is 10.1 Å². The van der Waals surface area contributed by atoms with Crippen LogP contribution >= 0.6 is 0 Å². The maximum Gasteiger partial charge on any atom is 0.130 e. The summed E-state index contributed by atoms with van der Waals surface area (Å²) in [6, 6.07) is 14.2. The molecule has 3 nitrogen and oxygen atoms in total. The van der Waals surface area contributed by atoms with Gasteiger partial charge in [0.1, 0.15) is 11.5 Å². The Labute approximate surface area is 120 Å². The molecule has 2 aromatic carbocycles. The number of ether oxygens (including phenoxy) is 1. The van der Waals surface area contributed by atoms with Crippen LogP contribution in [-0.4, -0.2) is 18.3 Å². The molecule has 3 heteroatoms. The van der Waals surface area contributed by atoms with Crippen molar-refractivity contribution >= 4 is 0 Å². The number of aliphatic hydroxyl groups is 1. The first-order chi connectivity index (χ1) is 9.69. The molecule has 0 aliphatic heterocycles. The highest BCUT2D eigenvalue weighted by Crippen LogP contribution is 2.26. The van der Waals surface area contributed by atoms with Crippen LogP contribution in [0.5, 0.6) is 11.5 Å². The molecule has 0 atom stereocenters. The molecule has 0 aliphatic rings. The summed E-state index contributed by atoms with van der Waals surface area (Å²) >= 11 is 0. The molecule has 0 unspecified atom stereocenters. The van der Waals surface area contributed by atoms with E-state index in [1.165, 1.54) is 11.1 Å². The first-order valence-electron chi connectivity index (χ1n) is 6.84. The van der Waals surface area contributed by atoms with Crippen molar-refractivity contribution in [1.29, 1.82) is 0 Å². The summed E-state index contributed by atoms with van der Waals surface area (Å²) in [6.07, 6.45) is 0. The van der Waals surface area contributed by atoms with Crippen LogP contribution in [0.15, 0.2) is 42.5 Å². The van der Waals surface area contributed by atoms with Crippen molar-refractivity contribution in [1.82, 2.24) is 5.32 Å². The van der Waals surface area contributed by atoms with Crippen molar-refractivity contribution in [2.24, 2.45) is 0 Å². The number of aryl methyl sites for hydroxylation is 2. The molecule has 2 rings (SSSR count). The molecule has 0 bridgehead atoms. The van der Waals surface area contributed by atoms with Gasteiger partial charge in [-0.15, -0.1) is 0 Å². The molecule has 0 spiro atoms. The first-order valence-corrected chi connectivity index (χ1v) is 6.84. The van der Waals surface area contributed by atoms with Gasteiger partial charge in [-0.1, -0.05) is 24.3 Å². The summed E-state index contributed by atoms with van der Waals surface area (Å²) in [5.41, 5.74) is 3.49. The van der Waals surface area contributed by atoms with E-state index in [1.807, 2.05) is 37.3 Å². The van der Waals surface area contributed by atoms with Gasteiger partial charge in [0, 0.05) is 13.1 Å². The van der Waals surface area contributed by atoms with Crippen LogP contribution in [0.2, 0.25) is 0 Å². The lowest BCUT2D eigenvalue weighted by molar-refractivity contribution is 0.292. The highest BCUT2D eigenvalue weighted by Gasteiger charge is 2.02. The fourth-order valence-electron chi connectivity index (χ4n) is 1.93. The number of benzene rings is 2. The van der Waals surface area contributed by atoms with Crippen LogP contribution in [0.25, 0.3) is 0 Å². The van der Waals surface area contributed by atoms with Crippen LogP contribution in [0, 0.1) is 13.8 Å². The number of aliphatic hydroxyl groups excluding tert-OH is 1. The molecule has 106 valence electrons. The molecule has 0 radical (unpaired) electrons. The van der Waals surface area contributed by atoms with E-state index in [0.29, 0.717) is 6.54 Å². The average Bonchev–Trinajstić information content (AvgIpc) is 2.45. The maximum absolute atomic E-state index is 8.72. The second-order valence-corrected chi connectivity index (χ2v) is 4.92. The highest BCUT2D eigenvalue weighted by molar-refractivity contribution is 5.40. The Kier molecular flexibility index (Phi) is 5.16. The number of rotatable bonds is 6. The Morgan fingerprint density at radius 3 is 2.50 bits per heavy atom. The SMILES string of the molecule is Cc1ccc(C)c(Oc2ccc(CNCCO)cc2)c1. The van der Waals surface area contributed by atoms with Crippen LogP contribution in [0.3, 0.4) is 0 Å². The summed E-state index contributed by atoms with van der Waals surface area (Å²) in [5, 5.41) is 11.9. The monoisotopic (exact) mass is 271 g/mol. The molecule has 0 amide bonds. The molecular weight excluding hydrogens is 250 g/mol. The van der Waals surface area contributed by atoms with E-state index < -0.39 is 0 Å². The molecule has 0 saturated carbocycles. The maximum atomic E-state index is 8.72. The summed E-state index contributed by atoms with van der Waals surface area (Å²) < 4.78 is 5.91. The Hall–Kier alpha value is -1.84. The molecule has 0 aliphatic carbocycles. The average molecular weight is 271 g/mol.